The number of benzene rings is 2. The van der Waals surface area contributed by atoms with Gasteiger partial charge in [-0.25, -0.2) is 0 Å². The minimum absolute atomic E-state index is 0.179. The first-order valence-electron chi connectivity index (χ1n) is 9.87. The summed E-state index contributed by atoms with van der Waals surface area (Å²) in [6, 6.07) is 7.86. The number of ether oxygens (including phenoxy) is 1. The first kappa shape index (κ1) is 23.9. The van der Waals surface area contributed by atoms with Crippen LogP contribution in [0.5, 0.6) is 5.75 Å². The van der Waals surface area contributed by atoms with Gasteiger partial charge in [0.2, 0.25) is 0 Å². The molecule has 31 heavy (non-hydrogen) atoms. The van der Waals surface area contributed by atoms with Crippen LogP contribution < -0.4 is 4.74 Å². The quantitative estimate of drug-likeness (QED) is 0.478. The molecule has 2 aromatic rings. The molecule has 0 aromatic heterocycles. The number of carboxylic acids is 1. The van der Waals surface area contributed by atoms with Gasteiger partial charge in [-0.2, -0.15) is 13.2 Å². The maximum Gasteiger partial charge on any atom is 0.416 e. The molecule has 1 aliphatic heterocycles. The lowest BCUT2D eigenvalue weighted by atomic mass is 9.90. The monoisotopic (exact) mass is 519 g/mol. The largest absolute Gasteiger partial charge is 0.494 e. The highest BCUT2D eigenvalue weighted by Gasteiger charge is 2.36. The van der Waals surface area contributed by atoms with Crippen LogP contribution in [0.4, 0.5) is 13.2 Å². The van der Waals surface area contributed by atoms with Gasteiger partial charge in [0.05, 0.1) is 24.1 Å². The lowest BCUT2D eigenvalue weighted by Crippen LogP contribution is -2.41. The molecular formula is C22H22BrClF3NO3. The number of halogens is 5. The van der Waals surface area contributed by atoms with Gasteiger partial charge in [0.1, 0.15) is 5.75 Å². The Balaban J connectivity index is 2.19. The summed E-state index contributed by atoms with van der Waals surface area (Å²) < 4.78 is 46.9. The van der Waals surface area contributed by atoms with Gasteiger partial charge in [-0.1, -0.05) is 27.5 Å². The minimum atomic E-state index is -4.53. The number of hydrogen-bond donors (Lipinski definition) is 1. The number of rotatable bonds is 6. The third-order valence-corrected chi connectivity index (χ3v) is 6.19. The molecule has 4 nitrogen and oxygen atoms in total. The summed E-state index contributed by atoms with van der Waals surface area (Å²) in [6.45, 7) is 2.92. The fraction of sp³-hybridized carbons (Fsp3) is 0.409. The van der Waals surface area contributed by atoms with E-state index in [1.54, 1.807) is 18.2 Å². The number of piperidine rings is 1. The molecule has 0 aliphatic carbocycles. The minimum Gasteiger partial charge on any atom is -0.494 e. The van der Waals surface area contributed by atoms with Gasteiger partial charge in [-0.3, -0.25) is 9.69 Å². The summed E-state index contributed by atoms with van der Waals surface area (Å²) in [7, 11) is 0. The second kappa shape index (κ2) is 9.79. The predicted molar refractivity (Wildman–Crippen MR) is 116 cm³/mol. The number of carbonyl (C=O) groups is 1. The summed E-state index contributed by atoms with van der Waals surface area (Å²) in [5.41, 5.74) is 0.0849. The average Bonchev–Trinajstić information content (AvgIpc) is 2.71. The zero-order valence-electron chi connectivity index (χ0n) is 16.8. The summed E-state index contributed by atoms with van der Waals surface area (Å²) in [6.07, 6.45) is -3.40. The normalized spacial score (nSPS) is 18.6. The Morgan fingerprint density at radius 2 is 2.03 bits per heavy atom. The Kier molecular flexibility index (Phi) is 7.55. The summed E-state index contributed by atoms with van der Waals surface area (Å²) in [5, 5.41) is 9.71. The lowest BCUT2D eigenvalue weighted by Gasteiger charge is -2.38. The first-order chi connectivity index (χ1) is 14.6. The molecule has 1 fully saturated rings. The van der Waals surface area contributed by atoms with Crippen molar-refractivity contribution in [1.29, 1.82) is 0 Å². The van der Waals surface area contributed by atoms with Gasteiger partial charge in [-0.05, 0) is 68.3 Å². The van der Waals surface area contributed by atoms with E-state index >= 15 is 0 Å². The molecule has 2 unspecified atom stereocenters. The van der Waals surface area contributed by atoms with E-state index in [0.29, 0.717) is 37.3 Å². The standard InChI is InChI=1S/C22H22BrClF3NO3/c1-2-31-19-8-6-15(23)11-17(19)20(28-9-3-4-13(12-28)21(29)30)16-10-14(22(25,26)27)5-7-18(16)24/h5-8,10-11,13,20H,2-4,9,12H2,1H3,(H,29,30). The van der Waals surface area contributed by atoms with E-state index in [0.717, 1.165) is 16.6 Å². The fourth-order valence-electron chi connectivity index (χ4n) is 3.95. The molecule has 168 valence electrons. The van der Waals surface area contributed by atoms with Crippen molar-refractivity contribution in [2.75, 3.05) is 19.7 Å². The number of nitrogens with zero attached hydrogens (tertiary/aromatic N) is 1. The van der Waals surface area contributed by atoms with Crippen LogP contribution in [-0.2, 0) is 11.0 Å². The third-order valence-electron chi connectivity index (χ3n) is 5.35. The first-order valence-corrected chi connectivity index (χ1v) is 11.0. The van der Waals surface area contributed by atoms with Crippen molar-refractivity contribution in [3.8, 4) is 5.75 Å². The number of likely N-dealkylation sites (tertiary alicyclic amines) is 1. The number of aliphatic carboxylic acids is 1. The Bertz CT molecular complexity index is 954. The van der Waals surface area contributed by atoms with E-state index < -0.39 is 29.7 Å². The van der Waals surface area contributed by atoms with Crippen molar-refractivity contribution in [3.63, 3.8) is 0 Å². The molecule has 0 amide bonds. The molecular weight excluding hydrogens is 499 g/mol. The van der Waals surface area contributed by atoms with E-state index in [4.69, 9.17) is 16.3 Å². The Morgan fingerprint density at radius 3 is 2.68 bits per heavy atom. The van der Waals surface area contributed by atoms with Gasteiger partial charge in [0.15, 0.2) is 0 Å². The number of hydrogen-bond acceptors (Lipinski definition) is 3. The van der Waals surface area contributed by atoms with Crippen molar-refractivity contribution in [1.82, 2.24) is 4.90 Å². The highest BCUT2D eigenvalue weighted by Crippen LogP contribution is 2.43. The van der Waals surface area contributed by atoms with Gasteiger partial charge in [-0.15, -0.1) is 0 Å². The molecule has 0 saturated carbocycles. The van der Waals surface area contributed by atoms with E-state index in [-0.39, 0.29) is 17.1 Å². The molecule has 2 atom stereocenters. The van der Waals surface area contributed by atoms with E-state index in [1.165, 1.54) is 6.07 Å². The molecule has 9 heteroatoms. The van der Waals surface area contributed by atoms with Crippen LogP contribution in [-0.4, -0.2) is 35.7 Å². The van der Waals surface area contributed by atoms with E-state index in [1.807, 2.05) is 11.8 Å². The van der Waals surface area contributed by atoms with Crippen molar-refractivity contribution >= 4 is 33.5 Å². The van der Waals surface area contributed by atoms with Gasteiger partial charge in [0, 0.05) is 21.6 Å². The van der Waals surface area contributed by atoms with Crippen LogP contribution in [0.25, 0.3) is 0 Å². The molecule has 1 saturated heterocycles. The predicted octanol–water partition coefficient (Wildman–Crippen LogP) is 6.41. The Morgan fingerprint density at radius 1 is 1.29 bits per heavy atom. The molecule has 1 N–H and O–H groups in total. The Hall–Kier alpha value is -1.77. The van der Waals surface area contributed by atoms with Crippen molar-refractivity contribution in [3.05, 3.63) is 62.6 Å². The van der Waals surface area contributed by atoms with Crippen molar-refractivity contribution < 1.29 is 27.8 Å². The van der Waals surface area contributed by atoms with Crippen LogP contribution in [0.1, 0.15) is 42.5 Å². The van der Waals surface area contributed by atoms with Crippen molar-refractivity contribution in [2.45, 2.75) is 32.0 Å². The van der Waals surface area contributed by atoms with Crippen LogP contribution in [0.2, 0.25) is 5.02 Å². The maximum absolute atomic E-state index is 13.5. The zero-order chi connectivity index (χ0) is 22.8. The van der Waals surface area contributed by atoms with Gasteiger partial charge >= 0.3 is 12.1 Å². The molecule has 1 heterocycles. The van der Waals surface area contributed by atoms with Crippen LogP contribution >= 0.6 is 27.5 Å². The molecule has 0 radical (unpaired) electrons. The molecule has 1 aliphatic rings. The third kappa shape index (κ3) is 5.54. The summed E-state index contributed by atoms with van der Waals surface area (Å²) in [5.74, 6) is -1.01. The zero-order valence-corrected chi connectivity index (χ0v) is 19.1. The van der Waals surface area contributed by atoms with Crippen LogP contribution in [0.3, 0.4) is 0 Å². The summed E-state index contributed by atoms with van der Waals surface area (Å²) >= 11 is 9.85. The van der Waals surface area contributed by atoms with E-state index in [2.05, 4.69) is 15.9 Å². The van der Waals surface area contributed by atoms with Gasteiger partial charge < -0.3 is 9.84 Å². The molecule has 3 rings (SSSR count). The van der Waals surface area contributed by atoms with Gasteiger partial charge in [0.25, 0.3) is 0 Å². The van der Waals surface area contributed by atoms with E-state index in [9.17, 15) is 23.1 Å². The van der Waals surface area contributed by atoms with Crippen LogP contribution in [0, 0.1) is 5.92 Å². The molecule has 0 bridgehead atoms. The second-order valence-electron chi connectivity index (χ2n) is 7.42. The van der Waals surface area contributed by atoms with Crippen LogP contribution in [0.15, 0.2) is 40.9 Å². The number of alkyl halides is 3. The maximum atomic E-state index is 13.5. The topological polar surface area (TPSA) is 49.8 Å². The summed E-state index contributed by atoms with van der Waals surface area (Å²) in [4.78, 5) is 13.5. The smallest absolute Gasteiger partial charge is 0.416 e. The van der Waals surface area contributed by atoms with Crippen molar-refractivity contribution in [2.24, 2.45) is 5.92 Å². The second-order valence-corrected chi connectivity index (χ2v) is 8.75. The fourth-order valence-corrected chi connectivity index (χ4v) is 4.55. The lowest BCUT2D eigenvalue weighted by molar-refractivity contribution is -0.143. The molecule has 0 spiro atoms. The number of carboxylic acid groups (broad SMARTS) is 1. The highest BCUT2D eigenvalue weighted by atomic mass is 79.9. The SMILES string of the molecule is CCOc1ccc(Br)cc1C(c1cc(C(F)(F)F)ccc1Cl)N1CCCC(C(=O)O)C1. The Labute approximate surface area is 192 Å². The average molecular weight is 521 g/mol. The highest BCUT2D eigenvalue weighted by molar-refractivity contribution is 9.10. The molecule has 2 aromatic carbocycles.